The molecule has 0 saturated carbocycles. The Morgan fingerprint density at radius 1 is 1.43 bits per heavy atom. The molecule has 0 aromatic heterocycles. The van der Waals surface area contributed by atoms with Crippen LogP contribution in [-0.2, 0) is 4.79 Å². The molecule has 21 heavy (non-hydrogen) atoms. The van der Waals surface area contributed by atoms with Crippen molar-refractivity contribution in [2.24, 2.45) is 5.73 Å². The van der Waals surface area contributed by atoms with E-state index in [0.717, 1.165) is 36.4 Å². The predicted octanol–water partition coefficient (Wildman–Crippen LogP) is 2.10. The lowest BCUT2D eigenvalue weighted by Gasteiger charge is -2.27. The van der Waals surface area contributed by atoms with Gasteiger partial charge in [-0.25, -0.2) is 0 Å². The predicted molar refractivity (Wildman–Crippen MR) is 81.5 cm³/mol. The van der Waals surface area contributed by atoms with E-state index in [9.17, 15) is 4.79 Å². The first kappa shape index (κ1) is 15.6. The van der Waals surface area contributed by atoms with Gasteiger partial charge in [0, 0.05) is 30.6 Å². The smallest absolute Gasteiger partial charge is 0.224 e. The molecular formula is C16H24N2O3. The van der Waals surface area contributed by atoms with E-state index < -0.39 is 0 Å². The van der Waals surface area contributed by atoms with Crippen molar-refractivity contribution in [2.45, 2.75) is 38.3 Å². The average Bonchev–Trinajstić information content (AvgIpc) is 2.95. The van der Waals surface area contributed by atoms with Crippen LogP contribution in [-0.4, -0.2) is 37.6 Å². The third-order valence-corrected chi connectivity index (χ3v) is 3.87. The second kappa shape index (κ2) is 6.80. The number of rotatable bonds is 5. The van der Waals surface area contributed by atoms with Crippen molar-refractivity contribution in [1.29, 1.82) is 0 Å². The van der Waals surface area contributed by atoms with Crippen molar-refractivity contribution in [3.63, 3.8) is 0 Å². The summed E-state index contributed by atoms with van der Waals surface area (Å²) < 4.78 is 10.7. The van der Waals surface area contributed by atoms with Crippen LogP contribution in [0.5, 0.6) is 11.5 Å². The topological polar surface area (TPSA) is 64.8 Å². The molecule has 2 atom stereocenters. The van der Waals surface area contributed by atoms with Crippen molar-refractivity contribution in [1.82, 2.24) is 4.90 Å². The van der Waals surface area contributed by atoms with E-state index in [-0.39, 0.29) is 18.0 Å². The van der Waals surface area contributed by atoms with Gasteiger partial charge in [0.15, 0.2) is 0 Å². The van der Waals surface area contributed by atoms with E-state index in [1.165, 1.54) is 0 Å². The maximum Gasteiger partial charge on any atom is 0.224 e. The van der Waals surface area contributed by atoms with Crippen LogP contribution in [0, 0.1) is 0 Å². The van der Waals surface area contributed by atoms with Crippen molar-refractivity contribution in [3.05, 3.63) is 23.8 Å². The highest BCUT2D eigenvalue weighted by Gasteiger charge is 2.32. The molecule has 1 fully saturated rings. The Balaban J connectivity index is 2.25. The molecule has 2 rings (SSSR count). The Labute approximate surface area is 126 Å². The SMILES string of the molecule is COc1ccc(C2CCCN2C(=O)CC(C)N)c(OC)c1. The average molecular weight is 292 g/mol. The quantitative estimate of drug-likeness (QED) is 0.902. The van der Waals surface area contributed by atoms with Crippen molar-refractivity contribution < 1.29 is 14.3 Å². The second-order valence-electron chi connectivity index (χ2n) is 5.53. The number of methoxy groups -OCH3 is 2. The van der Waals surface area contributed by atoms with Crippen LogP contribution in [0.1, 0.15) is 37.8 Å². The highest BCUT2D eigenvalue weighted by molar-refractivity contribution is 5.77. The molecule has 1 heterocycles. The van der Waals surface area contributed by atoms with Crippen LogP contribution >= 0.6 is 0 Å². The second-order valence-corrected chi connectivity index (χ2v) is 5.53. The lowest BCUT2D eigenvalue weighted by atomic mass is 10.0. The van der Waals surface area contributed by atoms with E-state index in [4.69, 9.17) is 15.2 Å². The third-order valence-electron chi connectivity index (χ3n) is 3.87. The number of benzene rings is 1. The first-order valence-corrected chi connectivity index (χ1v) is 7.33. The molecule has 1 aromatic carbocycles. The lowest BCUT2D eigenvalue weighted by Crippen LogP contribution is -2.34. The molecule has 0 aliphatic carbocycles. The zero-order valence-electron chi connectivity index (χ0n) is 13.0. The van der Waals surface area contributed by atoms with Gasteiger partial charge in [0.2, 0.25) is 5.91 Å². The number of likely N-dealkylation sites (tertiary alicyclic amines) is 1. The largest absolute Gasteiger partial charge is 0.497 e. The molecule has 1 saturated heterocycles. The maximum absolute atomic E-state index is 12.3. The lowest BCUT2D eigenvalue weighted by molar-refractivity contribution is -0.132. The summed E-state index contributed by atoms with van der Waals surface area (Å²) in [5.74, 6) is 1.63. The monoisotopic (exact) mass is 292 g/mol. The van der Waals surface area contributed by atoms with Crippen LogP contribution in [0.15, 0.2) is 18.2 Å². The van der Waals surface area contributed by atoms with E-state index in [2.05, 4.69) is 0 Å². The molecule has 2 unspecified atom stereocenters. The van der Waals surface area contributed by atoms with E-state index in [1.807, 2.05) is 30.0 Å². The molecule has 1 aliphatic heterocycles. The van der Waals surface area contributed by atoms with Gasteiger partial charge in [0.25, 0.3) is 0 Å². The van der Waals surface area contributed by atoms with Gasteiger partial charge in [-0.05, 0) is 31.9 Å². The van der Waals surface area contributed by atoms with Crippen LogP contribution in [0.4, 0.5) is 0 Å². The third kappa shape index (κ3) is 3.47. The fraction of sp³-hybridized carbons (Fsp3) is 0.562. The minimum absolute atomic E-state index is 0.0668. The summed E-state index contributed by atoms with van der Waals surface area (Å²) in [5, 5.41) is 0. The number of amides is 1. The summed E-state index contributed by atoms with van der Waals surface area (Å²) in [6.07, 6.45) is 2.34. The standard InChI is InChI=1S/C16H24N2O3/c1-11(17)9-16(19)18-8-4-5-14(18)13-7-6-12(20-2)10-15(13)21-3/h6-7,10-11,14H,4-5,8-9,17H2,1-3H3. The minimum Gasteiger partial charge on any atom is -0.497 e. The van der Waals surface area contributed by atoms with Gasteiger partial charge in [-0.15, -0.1) is 0 Å². The highest BCUT2D eigenvalue weighted by atomic mass is 16.5. The Kier molecular flexibility index (Phi) is 5.07. The number of hydrogen-bond acceptors (Lipinski definition) is 4. The molecule has 0 radical (unpaired) electrons. The zero-order chi connectivity index (χ0) is 15.4. The van der Waals surface area contributed by atoms with E-state index >= 15 is 0 Å². The molecule has 1 aliphatic rings. The first-order chi connectivity index (χ1) is 10.1. The molecule has 0 spiro atoms. The van der Waals surface area contributed by atoms with Crippen molar-refractivity contribution in [3.8, 4) is 11.5 Å². The molecule has 1 amide bonds. The summed E-state index contributed by atoms with van der Waals surface area (Å²) in [7, 11) is 3.27. The van der Waals surface area contributed by atoms with Gasteiger partial charge < -0.3 is 20.1 Å². The highest BCUT2D eigenvalue weighted by Crippen LogP contribution is 2.38. The number of nitrogens with two attached hydrogens (primary N) is 1. The first-order valence-electron chi connectivity index (χ1n) is 7.33. The summed E-state index contributed by atoms with van der Waals surface area (Å²) in [6.45, 7) is 2.64. The number of carbonyl (C=O) groups is 1. The Hall–Kier alpha value is -1.75. The van der Waals surface area contributed by atoms with Gasteiger partial charge in [-0.3, -0.25) is 4.79 Å². The van der Waals surface area contributed by atoms with E-state index in [1.54, 1.807) is 14.2 Å². The number of hydrogen-bond donors (Lipinski definition) is 1. The Morgan fingerprint density at radius 2 is 2.19 bits per heavy atom. The molecule has 5 nitrogen and oxygen atoms in total. The van der Waals surface area contributed by atoms with Crippen LogP contribution in [0.2, 0.25) is 0 Å². The summed E-state index contributed by atoms with van der Waals surface area (Å²) in [5.41, 5.74) is 6.79. The summed E-state index contributed by atoms with van der Waals surface area (Å²) in [4.78, 5) is 14.3. The fourth-order valence-corrected chi connectivity index (χ4v) is 2.87. The molecule has 5 heteroatoms. The Morgan fingerprint density at radius 3 is 2.81 bits per heavy atom. The Bertz CT molecular complexity index is 502. The number of carbonyl (C=O) groups excluding carboxylic acids is 1. The molecule has 116 valence electrons. The van der Waals surface area contributed by atoms with Crippen LogP contribution < -0.4 is 15.2 Å². The maximum atomic E-state index is 12.3. The number of nitrogens with zero attached hydrogens (tertiary/aromatic N) is 1. The van der Waals surface area contributed by atoms with Gasteiger partial charge in [-0.1, -0.05) is 0 Å². The van der Waals surface area contributed by atoms with Crippen LogP contribution in [0.3, 0.4) is 0 Å². The molecule has 1 aromatic rings. The van der Waals surface area contributed by atoms with Crippen molar-refractivity contribution in [2.75, 3.05) is 20.8 Å². The van der Waals surface area contributed by atoms with Gasteiger partial charge >= 0.3 is 0 Å². The minimum atomic E-state index is -0.114. The molecule has 0 bridgehead atoms. The normalized spacial score (nSPS) is 19.4. The van der Waals surface area contributed by atoms with Gasteiger partial charge in [0.1, 0.15) is 11.5 Å². The zero-order valence-corrected chi connectivity index (χ0v) is 13.0. The fourth-order valence-electron chi connectivity index (χ4n) is 2.87. The van der Waals surface area contributed by atoms with Crippen molar-refractivity contribution >= 4 is 5.91 Å². The summed E-state index contributed by atoms with van der Waals surface area (Å²) >= 11 is 0. The van der Waals surface area contributed by atoms with Crippen LogP contribution in [0.25, 0.3) is 0 Å². The van der Waals surface area contributed by atoms with Gasteiger partial charge in [-0.2, -0.15) is 0 Å². The molecule has 2 N–H and O–H groups in total. The van der Waals surface area contributed by atoms with E-state index in [0.29, 0.717) is 6.42 Å². The summed E-state index contributed by atoms with van der Waals surface area (Å²) in [6, 6.07) is 5.71. The molecular weight excluding hydrogens is 268 g/mol. The van der Waals surface area contributed by atoms with Gasteiger partial charge in [0.05, 0.1) is 20.3 Å². The number of ether oxygens (including phenoxy) is 2.